The Morgan fingerprint density at radius 2 is 1.78 bits per heavy atom. The highest BCUT2D eigenvalue weighted by atomic mass is 16.2. The van der Waals surface area contributed by atoms with Crippen molar-refractivity contribution in [2.45, 2.75) is 19.8 Å². The Kier molecular flexibility index (Phi) is 6.50. The van der Waals surface area contributed by atoms with E-state index in [9.17, 15) is 9.59 Å². The van der Waals surface area contributed by atoms with E-state index in [1.807, 2.05) is 85.6 Å². The van der Waals surface area contributed by atoms with Crippen LogP contribution in [0.3, 0.4) is 0 Å². The molecule has 6 heteroatoms. The third-order valence-electron chi connectivity index (χ3n) is 5.97. The third kappa shape index (κ3) is 4.64. The molecule has 32 heavy (non-hydrogen) atoms. The minimum atomic E-state index is -0.256. The predicted octanol–water partition coefficient (Wildman–Crippen LogP) is 4.65. The summed E-state index contributed by atoms with van der Waals surface area (Å²) in [5, 5.41) is 2.93. The summed E-state index contributed by atoms with van der Waals surface area (Å²) in [4.78, 5) is 34.5. The normalized spacial score (nSPS) is 15.8. The van der Waals surface area contributed by atoms with Crippen LogP contribution in [0.5, 0.6) is 0 Å². The molecular formula is C26H28N4O2. The highest BCUT2D eigenvalue weighted by molar-refractivity contribution is 6.01. The fraction of sp³-hybridized carbons (Fsp3) is 0.269. The Labute approximate surface area is 188 Å². The molecule has 6 nitrogen and oxygen atoms in total. The van der Waals surface area contributed by atoms with Gasteiger partial charge in [-0.15, -0.1) is 0 Å². The van der Waals surface area contributed by atoms with Gasteiger partial charge in [-0.3, -0.25) is 9.59 Å². The number of hydrogen-bond donors (Lipinski definition) is 1. The Morgan fingerprint density at radius 3 is 2.56 bits per heavy atom. The highest BCUT2D eigenvalue weighted by Gasteiger charge is 2.30. The Bertz CT molecular complexity index is 1100. The molecule has 1 aliphatic heterocycles. The Balaban J connectivity index is 1.50. The summed E-state index contributed by atoms with van der Waals surface area (Å²) in [7, 11) is 1.96. The van der Waals surface area contributed by atoms with Crippen molar-refractivity contribution in [1.82, 2.24) is 9.88 Å². The number of hydrogen-bond acceptors (Lipinski definition) is 4. The number of pyridine rings is 1. The molecule has 0 radical (unpaired) electrons. The summed E-state index contributed by atoms with van der Waals surface area (Å²) in [5.41, 5.74) is 3.41. The third-order valence-corrected chi connectivity index (χ3v) is 5.97. The highest BCUT2D eigenvalue weighted by Crippen LogP contribution is 2.29. The molecule has 2 aromatic carbocycles. The van der Waals surface area contributed by atoms with Gasteiger partial charge in [0.2, 0.25) is 5.91 Å². The predicted molar refractivity (Wildman–Crippen MR) is 127 cm³/mol. The largest absolute Gasteiger partial charge is 0.344 e. The first-order valence-electron chi connectivity index (χ1n) is 10.9. The summed E-state index contributed by atoms with van der Waals surface area (Å²) >= 11 is 0. The van der Waals surface area contributed by atoms with Gasteiger partial charge in [0.1, 0.15) is 5.82 Å². The van der Waals surface area contributed by atoms with Gasteiger partial charge in [-0.1, -0.05) is 36.4 Å². The molecule has 1 fully saturated rings. The molecule has 2 amide bonds. The van der Waals surface area contributed by atoms with Crippen LogP contribution >= 0.6 is 0 Å². The molecule has 164 valence electrons. The van der Waals surface area contributed by atoms with Crippen LogP contribution in [0, 0.1) is 12.8 Å². The van der Waals surface area contributed by atoms with E-state index in [1.54, 1.807) is 11.1 Å². The fourth-order valence-corrected chi connectivity index (χ4v) is 4.12. The lowest BCUT2D eigenvalue weighted by molar-refractivity contribution is -0.121. The number of anilines is 3. The van der Waals surface area contributed by atoms with Gasteiger partial charge in [-0.05, 0) is 55.7 Å². The van der Waals surface area contributed by atoms with E-state index >= 15 is 0 Å². The summed E-state index contributed by atoms with van der Waals surface area (Å²) in [6.45, 7) is 2.97. The van der Waals surface area contributed by atoms with Gasteiger partial charge in [0.15, 0.2) is 0 Å². The number of benzene rings is 2. The maximum Gasteiger partial charge on any atom is 0.255 e. The van der Waals surface area contributed by atoms with Crippen LogP contribution in [-0.2, 0) is 4.79 Å². The van der Waals surface area contributed by atoms with Gasteiger partial charge >= 0.3 is 0 Å². The van der Waals surface area contributed by atoms with Crippen LogP contribution in [0.25, 0.3) is 0 Å². The molecule has 0 saturated carbocycles. The summed E-state index contributed by atoms with van der Waals surface area (Å²) in [6.07, 6.45) is 3.22. The first-order chi connectivity index (χ1) is 15.5. The molecule has 0 bridgehead atoms. The van der Waals surface area contributed by atoms with Gasteiger partial charge in [0.25, 0.3) is 5.91 Å². The van der Waals surface area contributed by atoms with E-state index in [-0.39, 0.29) is 17.7 Å². The number of amides is 2. The van der Waals surface area contributed by atoms with Gasteiger partial charge in [0, 0.05) is 32.0 Å². The molecular weight excluding hydrogens is 400 g/mol. The molecule has 0 aliphatic carbocycles. The van der Waals surface area contributed by atoms with Crippen LogP contribution in [0.1, 0.15) is 28.8 Å². The number of nitrogens with zero attached hydrogens (tertiary/aromatic N) is 3. The Morgan fingerprint density at radius 1 is 1.03 bits per heavy atom. The van der Waals surface area contributed by atoms with Crippen LogP contribution in [-0.4, -0.2) is 41.8 Å². The molecule has 0 spiro atoms. The molecule has 3 aromatic rings. The van der Waals surface area contributed by atoms with Crippen molar-refractivity contribution in [3.8, 4) is 0 Å². The van der Waals surface area contributed by atoms with E-state index in [0.29, 0.717) is 24.5 Å². The van der Waals surface area contributed by atoms with Crippen LogP contribution in [0.4, 0.5) is 17.2 Å². The van der Waals surface area contributed by atoms with E-state index < -0.39 is 0 Å². The van der Waals surface area contributed by atoms with Gasteiger partial charge in [0.05, 0.1) is 17.2 Å². The number of aryl methyl sites for hydroxylation is 1. The number of carbonyl (C=O) groups excluding carboxylic acids is 2. The number of aromatic nitrogens is 1. The zero-order valence-corrected chi connectivity index (χ0v) is 18.5. The van der Waals surface area contributed by atoms with Crippen molar-refractivity contribution in [3.05, 3.63) is 84.1 Å². The molecule has 1 saturated heterocycles. The van der Waals surface area contributed by atoms with Crippen molar-refractivity contribution in [1.29, 1.82) is 0 Å². The summed E-state index contributed by atoms with van der Waals surface area (Å²) in [5.74, 6) is 0.192. The molecule has 1 aliphatic rings. The number of nitrogens with one attached hydrogen (secondary N) is 1. The van der Waals surface area contributed by atoms with Gasteiger partial charge in [-0.25, -0.2) is 4.98 Å². The van der Waals surface area contributed by atoms with Crippen molar-refractivity contribution >= 4 is 29.0 Å². The SMILES string of the molecule is Cc1cccnc1NC(=O)C1CCCN(C(=O)c2ccccc2N(C)c2ccccc2)C1. The second kappa shape index (κ2) is 9.64. The van der Waals surface area contributed by atoms with E-state index in [4.69, 9.17) is 0 Å². The van der Waals surface area contributed by atoms with E-state index in [1.165, 1.54) is 0 Å². The zero-order chi connectivity index (χ0) is 22.5. The van der Waals surface area contributed by atoms with Crippen LogP contribution < -0.4 is 10.2 Å². The molecule has 1 unspecified atom stereocenters. The minimum Gasteiger partial charge on any atom is -0.344 e. The lowest BCUT2D eigenvalue weighted by atomic mass is 9.96. The first-order valence-corrected chi connectivity index (χ1v) is 10.9. The molecule has 1 N–H and O–H groups in total. The quantitative estimate of drug-likeness (QED) is 0.643. The zero-order valence-electron chi connectivity index (χ0n) is 18.5. The molecule has 1 atom stereocenters. The number of para-hydroxylation sites is 2. The average Bonchev–Trinajstić information content (AvgIpc) is 2.85. The van der Waals surface area contributed by atoms with Gasteiger partial charge in [-0.2, -0.15) is 0 Å². The summed E-state index contributed by atoms with van der Waals surface area (Å²) in [6, 6.07) is 21.4. The van der Waals surface area contributed by atoms with Gasteiger partial charge < -0.3 is 15.1 Å². The maximum absolute atomic E-state index is 13.5. The standard InChI is InChI=1S/C26H28N4O2/c1-19-10-8-16-27-24(19)28-25(31)20-11-9-17-30(18-20)26(32)22-14-6-7-15-23(22)29(2)21-12-4-3-5-13-21/h3-8,10,12-16,20H,9,11,17-18H2,1-2H3,(H,27,28,31). The number of likely N-dealkylation sites (tertiary alicyclic amines) is 1. The average molecular weight is 429 g/mol. The monoisotopic (exact) mass is 428 g/mol. The second-order valence-electron chi connectivity index (χ2n) is 8.16. The fourth-order valence-electron chi connectivity index (χ4n) is 4.12. The summed E-state index contributed by atoms with van der Waals surface area (Å²) < 4.78 is 0. The van der Waals surface area contributed by atoms with Crippen molar-refractivity contribution in [3.63, 3.8) is 0 Å². The van der Waals surface area contributed by atoms with Crippen LogP contribution in [0.2, 0.25) is 0 Å². The lowest BCUT2D eigenvalue weighted by Crippen LogP contribution is -2.44. The topological polar surface area (TPSA) is 65.5 Å². The number of rotatable bonds is 5. The van der Waals surface area contributed by atoms with Crippen molar-refractivity contribution in [2.75, 3.05) is 30.4 Å². The Hall–Kier alpha value is -3.67. The lowest BCUT2D eigenvalue weighted by Gasteiger charge is -2.33. The minimum absolute atomic E-state index is 0.0464. The van der Waals surface area contributed by atoms with E-state index in [0.717, 1.165) is 29.8 Å². The smallest absolute Gasteiger partial charge is 0.255 e. The van der Waals surface area contributed by atoms with Crippen LogP contribution in [0.15, 0.2) is 72.9 Å². The van der Waals surface area contributed by atoms with E-state index in [2.05, 4.69) is 10.3 Å². The molecule has 4 rings (SSSR count). The number of piperidine rings is 1. The maximum atomic E-state index is 13.5. The first kappa shape index (κ1) is 21.6. The van der Waals surface area contributed by atoms with Crippen molar-refractivity contribution in [2.24, 2.45) is 5.92 Å². The molecule has 2 heterocycles. The second-order valence-corrected chi connectivity index (χ2v) is 8.16. The molecule has 1 aromatic heterocycles. The van der Waals surface area contributed by atoms with Crippen molar-refractivity contribution < 1.29 is 9.59 Å². The number of carbonyl (C=O) groups is 2.